The number of amides is 1. The number of hydrogen-bond acceptors (Lipinski definition) is 5. The van der Waals surface area contributed by atoms with Crippen molar-refractivity contribution in [2.45, 2.75) is 19.0 Å². The van der Waals surface area contributed by atoms with Crippen LogP contribution in [-0.2, 0) is 6.54 Å². The second-order valence-electron chi connectivity index (χ2n) is 10.2. The molecule has 0 radical (unpaired) electrons. The maximum absolute atomic E-state index is 13.6. The van der Waals surface area contributed by atoms with Crippen LogP contribution >= 0.6 is 0 Å². The Hall–Kier alpha value is -4.88. The average molecular weight is 553 g/mol. The highest BCUT2D eigenvalue weighted by Gasteiger charge is 2.23. The van der Waals surface area contributed by atoms with Gasteiger partial charge in [-0.2, -0.15) is 0 Å². The van der Waals surface area contributed by atoms with Crippen molar-refractivity contribution < 1.29 is 13.6 Å². The lowest BCUT2D eigenvalue weighted by atomic mass is 10.1. The van der Waals surface area contributed by atoms with Crippen molar-refractivity contribution in [1.82, 2.24) is 29.3 Å². The third-order valence-corrected chi connectivity index (χ3v) is 7.33. The second-order valence-corrected chi connectivity index (χ2v) is 10.2. The summed E-state index contributed by atoms with van der Waals surface area (Å²) in [6.07, 6.45) is 6.23. The van der Waals surface area contributed by atoms with E-state index in [1.165, 1.54) is 22.9 Å². The van der Waals surface area contributed by atoms with Gasteiger partial charge in [0.05, 0.1) is 36.6 Å². The number of aromatic nitrogens is 4. The molecular weight excluding hydrogens is 526 g/mol. The largest absolute Gasteiger partial charge is 0.341 e. The van der Waals surface area contributed by atoms with Gasteiger partial charge in [-0.3, -0.25) is 14.6 Å². The molecule has 10 heteroatoms. The summed E-state index contributed by atoms with van der Waals surface area (Å²) in [6, 6.07) is 12.5. The molecule has 3 aromatic heterocycles. The minimum atomic E-state index is -0.998. The Morgan fingerprint density at radius 2 is 1.98 bits per heavy atom. The van der Waals surface area contributed by atoms with E-state index in [1.807, 2.05) is 24.5 Å². The van der Waals surface area contributed by atoms with Gasteiger partial charge in [0.25, 0.3) is 11.5 Å². The van der Waals surface area contributed by atoms with E-state index < -0.39 is 23.1 Å². The fraction of sp³-hybridized carbons (Fsp3) is 0.226. The number of nitrogens with one attached hydrogen (secondary N) is 1. The Morgan fingerprint density at radius 3 is 2.78 bits per heavy atom. The number of likely N-dealkylation sites (tertiary alicyclic amines) is 1. The third-order valence-electron chi connectivity index (χ3n) is 7.33. The van der Waals surface area contributed by atoms with Crippen molar-refractivity contribution >= 4 is 27.8 Å². The molecule has 2 aromatic carbocycles. The zero-order valence-electron chi connectivity index (χ0n) is 22.3. The molecule has 8 nitrogen and oxygen atoms in total. The first kappa shape index (κ1) is 26.3. The van der Waals surface area contributed by atoms with Crippen LogP contribution in [0.1, 0.15) is 33.9 Å². The van der Waals surface area contributed by atoms with E-state index in [2.05, 4.69) is 43.6 Å². The number of imidazole rings is 1. The van der Waals surface area contributed by atoms with Crippen LogP contribution in [0.3, 0.4) is 0 Å². The molecule has 1 saturated heterocycles. The molecule has 0 bridgehead atoms. The predicted octanol–water partition coefficient (Wildman–Crippen LogP) is 3.73. The zero-order chi connectivity index (χ0) is 28.5. The van der Waals surface area contributed by atoms with Crippen molar-refractivity contribution in [3.05, 3.63) is 106 Å². The lowest BCUT2D eigenvalue weighted by Crippen LogP contribution is -2.33. The van der Waals surface area contributed by atoms with Crippen LogP contribution in [-0.4, -0.2) is 56.6 Å². The Bertz CT molecular complexity index is 1920. The molecule has 0 unspecified atom stereocenters. The van der Waals surface area contributed by atoms with Gasteiger partial charge in [-0.1, -0.05) is 17.9 Å². The Balaban J connectivity index is 1.18. The molecule has 0 saturated carbocycles. The number of carbonyl (C=O) groups excluding carboxylic acids is 1. The number of rotatable bonds is 5. The summed E-state index contributed by atoms with van der Waals surface area (Å²) in [4.78, 5) is 37.0. The van der Waals surface area contributed by atoms with Crippen LogP contribution in [0.15, 0.2) is 72.0 Å². The topological polar surface area (TPSA) is 85.1 Å². The summed E-state index contributed by atoms with van der Waals surface area (Å²) in [6.45, 7) is 2.03. The second kappa shape index (κ2) is 10.9. The van der Waals surface area contributed by atoms with Crippen LogP contribution in [0, 0.1) is 23.5 Å². The van der Waals surface area contributed by atoms with Gasteiger partial charge in [-0.25, -0.2) is 13.8 Å². The van der Waals surface area contributed by atoms with Crippen LogP contribution in [0.5, 0.6) is 0 Å². The maximum Gasteiger partial charge on any atom is 0.263 e. The van der Waals surface area contributed by atoms with E-state index in [0.717, 1.165) is 59.1 Å². The van der Waals surface area contributed by atoms with Gasteiger partial charge >= 0.3 is 0 Å². The lowest BCUT2D eigenvalue weighted by Gasteiger charge is -2.14. The first-order valence-corrected chi connectivity index (χ1v) is 13.2. The molecule has 6 rings (SSSR count). The van der Waals surface area contributed by atoms with E-state index in [-0.39, 0.29) is 18.7 Å². The van der Waals surface area contributed by atoms with Gasteiger partial charge in [0.2, 0.25) is 0 Å². The smallest absolute Gasteiger partial charge is 0.263 e. The van der Waals surface area contributed by atoms with Crippen molar-refractivity contribution in [3.63, 3.8) is 0 Å². The number of nitrogens with zero attached hydrogens (tertiary/aromatic N) is 5. The summed E-state index contributed by atoms with van der Waals surface area (Å²) < 4.78 is 30.3. The highest BCUT2D eigenvalue weighted by Crippen LogP contribution is 2.29. The highest BCUT2D eigenvalue weighted by atomic mass is 19.2. The molecule has 0 spiro atoms. The van der Waals surface area contributed by atoms with Crippen LogP contribution < -0.4 is 10.9 Å². The van der Waals surface area contributed by atoms with Crippen LogP contribution in [0.2, 0.25) is 0 Å². The molecule has 41 heavy (non-hydrogen) atoms. The number of benzene rings is 2. The zero-order valence-corrected chi connectivity index (χ0v) is 22.3. The molecule has 4 heterocycles. The summed E-state index contributed by atoms with van der Waals surface area (Å²) in [5.41, 5.74) is 3.29. The first-order chi connectivity index (χ1) is 19.9. The summed E-state index contributed by atoms with van der Waals surface area (Å²) in [7, 11) is 2.12. The lowest BCUT2D eigenvalue weighted by molar-refractivity contribution is 0.0956. The average Bonchev–Trinajstić information content (AvgIpc) is 3.60. The molecule has 1 aliphatic heterocycles. The molecule has 206 valence electrons. The van der Waals surface area contributed by atoms with Gasteiger partial charge in [0, 0.05) is 29.7 Å². The van der Waals surface area contributed by atoms with Gasteiger partial charge in [-0.05, 0) is 68.0 Å². The Morgan fingerprint density at radius 1 is 1.10 bits per heavy atom. The molecule has 0 aliphatic carbocycles. The number of halogens is 2. The molecule has 1 atom stereocenters. The standard InChI is InChI=1S/C31H26F2N6O2/c1-37-13-10-22(18-37)39-19-36-28-16-35-27-9-7-20(14-24(27)29(28)39)4-2-11-34-30(40)23-5-3-12-38(31(23)41)17-21-6-8-25(32)26(33)15-21/h3,5-9,12,14-16,19,22H,10-11,13,17-18H2,1H3,(H,34,40)/t22-/m1/s1. The monoisotopic (exact) mass is 552 g/mol. The summed E-state index contributed by atoms with van der Waals surface area (Å²) >= 11 is 0. The van der Waals surface area contributed by atoms with Crippen LogP contribution in [0.4, 0.5) is 8.78 Å². The van der Waals surface area contributed by atoms with E-state index >= 15 is 0 Å². The van der Waals surface area contributed by atoms with E-state index in [9.17, 15) is 18.4 Å². The number of likely N-dealkylation sites (N-methyl/N-ethyl adjacent to an activating group) is 1. The SMILES string of the molecule is CN1CC[C@@H](n2cnc3cnc4ccc(C#CCNC(=O)c5cccn(Cc6ccc(F)c(F)c6)c5=O)cc4c32)C1. The quantitative estimate of drug-likeness (QED) is 0.336. The maximum atomic E-state index is 13.6. The van der Waals surface area contributed by atoms with Gasteiger partial charge in [0.1, 0.15) is 11.1 Å². The minimum Gasteiger partial charge on any atom is -0.341 e. The number of carbonyl (C=O) groups is 1. The Labute approximate surface area is 234 Å². The number of fused-ring (bicyclic) bond motifs is 3. The molecule has 5 aromatic rings. The van der Waals surface area contributed by atoms with E-state index in [0.29, 0.717) is 11.6 Å². The Kier molecular flexibility index (Phi) is 7.03. The molecule has 1 amide bonds. The third kappa shape index (κ3) is 5.32. The first-order valence-electron chi connectivity index (χ1n) is 13.2. The van der Waals surface area contributed by atoms with Crippen LogP contribution in [0.25, 0.3) is 21.9 Å². The van der Waals surface area contributed by atoms with Gasteiger partial charge < -0.3 is 19.4 Å². The molecule has 1 N–H and O–H groups in total. The van der Waals surface area contributed by atoms with Crippen molar-refractivity contribution in [3.8, 4) is 11.8 Å². The van der Waals surface area contributed by atoms with Crippen molar-refractivity contribution in [2.24, 2.45) is 0 Å². The van der Waals surface area contributed by atoms with E-state index in [1.54, 1.807) is 12.3 Å². The highest BCUT2D eigenvalue weighted by molar-refractivity contribution is 6.02. The molecule has 1 aliphatic rings. The van der Waals surface area contributed by atoms with Gasteiger partial charge in [0.15, 0.2) is 11.6 Å². The predicted molar refractivity (Wildman–Crippen MR) is 152 cm³/mol. The normalized spacial score (nSPS) is 15.2. The van der Waals surface area contributed by atoms with Crippen molar-refractivity contribution in [2.75, 3.05) is 26.7 Å². The molecule has 1 fully saturated rings. The summed E-state index contributed by atoms with van der Waals surface area (Å²) in [5.74, 6) is 3.50. The fourth-order valence-electron chi connectivity index (χ4n) is 5.24. The minimum absolute atomic E-state index is 0.00258. The summed E-state index contributed by atoms with van der Waals surface area (Å²) in [5, 5.41) is 3.63. The number of hydrogen-bond donors (Lipinski definition) is 1. The fourth-order valence-corrected chi connectivity index (χ4v) is 5.24. The van der Waals surface area contributed by atoms with Gasteiger partial charge in [-0.15, -0.1) is 0 Å². The molecular formula is C31H26F2N6O2. The van der Waals surface area contributed by atoms with Crippen molar-refractivity contribution in [1.29, 1.82) is 0 Å². The number of pyridine rings is 2. The van der Waals surface area contributed by atoms with E-state index in [4.69, 9.17) is 0 Å².